The molecular formula is C22H21FN2O5. The van der Waals surface area contributed by atoms with E-state index in [1.54, 1.807) is 29.2 Å². The molecule has 0 saturated carbocycles. The van der Waals surface area contributed by atoms with Crippen LogP contribution in [0.3, 0.4) is 0 Å². The van der Waals surface area contributed by atoms with Gasteiger partial charge in [-0.15, -0.1) is 0 Å². The van der Waals surface area contributed by atoms with Gasteiger partial charge in [-0.2, -0.15) is 0 Å². The largest absolute Gasteiger partial charge is 0.453 e. The van der Waals surface area contributed by atoms with Crippen molar-refractivity contribution in [3.63, 3.8) is 0 Å². The minimum atomic E-state index is -1.07. The molecule has 0 unspecified atom stereocenters. The predicted molar refractivity (Wildman–Crippen MR) is 107 cm³/mol. The van der Waals surface area contributed by atoms with Gasteiger partial charge in [0.2, 0.25) is 11.7 Å². The number of amides is 2. The first-order valence-corrected chi connectivity index (χ1v) is 9.53. The van der Waals surface area contributed by atoms with Gasteiger partial charge in [0.05, 0.1) is 0 Å². The highest BCUT2D eigenvalue weighted by atomic mass is 19.1. The van der Waals surface area contributed by atoms with Crippen molar-refractivity contribution < 1.29 is 28.3 Å². The zero-order valence-electron chi connectivity index (χ0n) is 16.4. The number of esters is 1. The standard InChI is InChI=1S/C22H21FN2O5/c1-14(21(28)15-4-8-17(23)9-5-15)30-20(27)13-24-22(29)16-6-10-18(11-7-16)25-12-2-3-19(25)26/h4-11,14H,2-3,12-13H2,1H3,(H,24,29)/t14-/m1/s1. The summed E-state index contributed by atoms with van der Waals surface area (Å²) in [6.07, 6.45) is 0.259. The van der Waals surface area contributed by atoms with Crippen molar-refractivity contribution in [3.05, 3.63) is 65.5 Å². The quantitative estimate of drug-likeness (QED) is 0.557. The molecule has 1 N–H and O–H groups in total. The van der Waals surface area contributed by atoms with Crippen molar-refractivity contribution >= 4 is 29.3 Å². The monoisotopic (exact) mass is 412 g/mol. The first kappa shape index (κ1) is 21.2. The van der Waals surface area contributed by atoms with E-state index in [4.69, 9.17) is 4.74 Å². The van der Waals surface area contributed by atoms with Crippen LogP contribution >= 0.6 is 0 Å². The molecule has 30 heavy (non-hydrogen) atoms. The first-order chi connectivity index (χ1) is 14.3. The van der Waals surface area contributed by atoms with Crippen LogP contribution in [0.25, 0.3) is 0 Å². The number of carbonyl (C=O) groups excluding carboxylic acids is 4. The second kappa shape index (κ2) is 9.30. The molecule has 1 aliphatic rings. The van der Waals surface area contributed by atoms with Gasteiger partial charge in [0.15, 0.2) is 6.10 Å². The molecule has 1 saturated heterocycles. The van der Waals surface area contributed by atoms with Crippen molar-refractivity contribution in [2.45, 2.75) is 25.9 Å². The van der Waals surface area contributed by atoms with Crippen LogP contribution in [0.5, 0.6) is 0 Å². The lowest BCUT2D eigenvalue weighted by Gasteiger charge is -2.16. The molecule has 1 heterocycles. The Labute approximate surface area is 172 Å². The Kier molecular flexibility index (Phi) is 6.56. The van der Waals surface area contributed by atoms with Crippen molar-refractivity contribution in [1.82, 2.24) is 5.32 Å². The minimum absolute atomic E-state index is 0.0549. The van der Waals surface area contributed by atoms with Crippen LogP contribution in [-0.4, -0.2) is 42.8 Å². The smallest absolute Gasteiger partial charge is 0.326 e. The number of ether oxygens (including phenoxy) is 1. The number of anilines is 1. The number of halogens is 1. The normalized spacial score (nSPS) is 14.3. The number of nitrogens with zero attached hydrogens (tertiary/aromatic N) is 1. The van der Waals surface area contributed by atoms with Crippen LogP contribution in [0.15, 0.2) is 48.5 Å². The van der Waals surface area contributed by atoms with Crippen molar-refractivity contribution in [2.24, 2.45) is 0 Å². The number of benzene rings is 2. The fourth-order valence-corrected chi connectivity index (χ4v) is 3.11. The predicted octanol–water partition coefficient (Wildman–Crippen LogP) is 2.50. The zero-order valence-corrected chi connectivity index (χ0v) is 16.4. The van der Waals surface area contributed by atoms with Gasteiger partial charge in [-0.25, -0.2) is 4.39 Å². The van der Waals surface area contributed by atoms with Gasteiger partial charge in [0, 0.05) is 29.8 Å². The molecule has 0 aromatic heterocycles. The summed E-state index contributed by atoms with van der Waals surface area (Å²) in [5.74, 6) is -2.14. The van der Waals surface area contributed by atoms with Crippen molar-refractivity contribution in [1.29, 1.82) is 0 Å². The second-order valence-corrected chi connectivity index (χ2v) is 6.88. The summed E-state index contributed by atoms with van der Waals surface area (Å²) >= 11 is 0. The molecule has 156 valence electrons. The Balaban J connectivity index is 1.49. The summed E-state index contributed by atoms with van der Waals surface area (Å²) in [7, 11) is 0. The molecule has 0 radical (unpaired) electrons. The van der Waals surface area contributed by atoms with Gasteiger partial charge in [0.1, 0.15) is 12.4 Å². The van der Waals surface area contributed by atoms with Crippen LogP contribution < -0.4 is 10.2 Å². The van der Waals surface area contributed by atoms with Crippen molar-refractivity contribution in [2.75, 3.05) is 18.0 Å². The first-order valence-electron chi connectivity index (χ1n) is 9.53. The molecule has 1 fully saturated rings. The van der Waals surface area contributed by atoms with E-state index in [0.717, 1.165) is 24.2 Å². The number of rotatable bonds is 7. The Bertz CT molecular complexity index is 956. The molecule has 2 amide bonds. The topological polar surface area (TPSA) is 92.8 Å². The second-order valence-electron chi connectivity index (χ2n) is 6.88. The SMILES string of the molecule is C[C@@H](OC(=O)CNC(=O)c1ccc(N2CCCC2=O)cc1)C(=O)c1ccc(F)cc1. The maximum Gasteiger partial charge on any atom is 0.326 e. The zero-order chi connectivity index (χ0) is 21.7. The van der Waals surface area contributed by atoms with Gasteiger partial charge in [-0.05, 0) is 61.9 Å². The summed E-state index contributed by atoms with van der Waals surface area (Å²) in [6, 6.07) is 11.4. The van der Waals surface area contributed by atoms with Crippen LogP contribution in [0, 0.1) is 5.82 Å². The van der Waals surface area contributed by atoms with Crippen molar-refractivity contribution in [3.8, 4) is 0 Å². The van der Waals surface area contributed by atoms with E-state index in [2.05, 4.69) is 5.32 Å². The summed E-state index contributed by atoms with van der Waals surface area (Å²) in [6.45, 7) is 1.65. The van der Waals surface area contributed by atoms with Crippen LogP contribution in [0.1, 0.15) is 40.5 Å². The maximum absolute atomic E-state index is 12.9. The Morgan fingerprint density at radius 1 is 1.07 bits per heavy atom. The van der Waals surface area contributed by atoms with Gasteiger partial charge in [0.25, 0.3) is 5.91 Å². The molecular weight excluding hydrogens is 391 g/mol. The molecule has 0 aliphatic carbocycles. The van der Waals surface area contributed by atoms with E-state index in [1.165, 1.54) is 19.1 Å². The maximum atomic E-state index is 12.9. The molecule has 1 atom stereocenters. The number of Topliss-reactive ketones (excluding diaryl/α,β-unsaturated/α-hetero) is 1. The third-order valence-electron chi connectivity index (χ3n) is 4.71. The molecule has 2 aromatic rings. The summed E-state index contributed by atoms with van der Waals surface area (Å²) in [4.78, 5) is 49.8. The highest BCUT2D eigenvalue weighted by molar-refractivity contribution is 6.01. The molecule has 3 rings (SSSR count). The molecule has 0 bridgehead atoms. The Morgan fingerprint density at radius 3 is 2.30 bits per heavy atom. The number of nitrogens with one attached hydrogen (secondary N) is 1. The van der Waals surface area contributed by atoms with Crippen LogP contribution in [-0.2, 0) is 14.3 Å². The van der Waals surface area contributed by atoms with Crippen LogP contribution in [0.2, 0.25) is 0 Å². The third-order valence-corrected chi connectivity index (χ3v) is 4.71. The average Bonchev–Trinajstić information content (AvgIpc) is 3.18. The molecule has 1 aliphatic heterocycles. The number of hydrogen-bond donors (Lipinski definition) is 1. The van der Waals surface area contributed by atoms with Gasteiger partial charge in [-0.3, -0.25) is 19.2 Å². The molecule has 0 spiro atoms. The fraction of sp³-hybridized carbons (Fsp3) is 0.273. The lowest BCUT2D eigenvalue weighted by Crippen LogP contribution is -2.34. The van der Waals surface area contributed by atoms with E-state index < -0.39 is 36.1 Å². The van der Waals surface area contributed by atoms with Gasteiger partial charge in [-0.1, -0.05) is 0 Å². The van der Waals surface area contributed by atoms with Crippen LogP contribution in [0.4, 0.5) is 10.1 Å². The Morgan fingerprint density at radius 2 is 1.70 bits per heavy atom. The summed E-state index contributed by atoms with van der Waals surface area (Å²) < 4.78 is 18.0. The highest BCUT2D eigenvalue weighted by Crippen LogP contribution is 2.21. The highest BCUT2D eigenvalue weighted by Gasteiger charge is 2.22. The summed E-state index contributed by atoms with van der Waals surface area (Å²) in [5, 5.41) is 2.43. The lowest BCUT2D eigenvalue weighted by atomic mass is 10.1. The molecule has 8 heteroatoms. The number of ketones is 1. The van der Waals surface area contributed by atoms with Gasteiger partial charge < -0.3 is 15.0 Å². The van der Waals surface area contributed by atoms with E-state index in [-0.39, 0.29) is 11.5 Å². The van der Waals surface area contributed by atoms with E-state index in [0.29, 0.717) is 18.5 Å². The fourth-order valence-electron chi connectivity index (χ4n) is 3.11. The van der Waals surface area contributed by atoms with E-state index >= 15 is 0 Å². The minimum Gasteiger partial charge on any atom is -0.453 e. The average molecular weight is 412 g/mol. The number of carbonyl (C=O) groups is 4. The third kappa shape index (κ3) is 5.08. The number of hydrogen-bond acceptors (Lipinski definition) is 5. The summed E-state index contributed by atoms with van der Waals surface area (Å²) in [5.41, 5.74) is 1.27. The lowest BCUT2D eigenvalue weighted by molar-refractivity contribution is -0.145. The van der Waals surface area contributed by atoms with E-state index in [9.17, 15) is 23.6 Å². The van der Waals surface area contributed by atoms with E-state index in [1.807, 2.05) is 0 Å². The Hall–Kier alpha value is -3.55. The molecule has 2 aromatic carbocycles. The molecule has 7 nitrogen and oxygen atoms in total. The van der Waals surface area contributed by atoms with Gasteiger partial charge >= 0.3 is 5.97 Å².